The molecule has 0 bridgehead atoms. The summed E-state index contributed by atoms with van der Waals surface area (Å²) in [5, 5.41) is 0. The van der Waals surface area contributed by atoms with Crippen LogP contribution < -0.4 is 0 Å². The monoisotopic (exact) mass is 260 g/mol. The van der Waals surface area contributed by atoms with E-state index in [1.807, 2.05) is 6.20 Å². The summed E-state index contributed by atoms with van der Waals surface area (Å²) in [6, 6.07) is 13.0. The molecule has 1 aliphatic rings. The molecule has 2 heterocycles. The maximum absolute atomic E-state index is 4.41. The van der Waals surface area contributed by atoms with Gasteiger partial charge in [-0.2, -0.15) is 0 Å². The zero-order chi connectivity index (χ0) is 13.5. The van der Waals surface area contributed by atoms with Crippen LogP contribution in [0.3, 0.4) is 0 Å². The van der Waals surface area contributed by atoms with E-state index in [1.54, 1.807) is 0 Å². The summed E-state index contributed by atoms with van der Waals surface area (Å²) in [4.78, 5) is 4.41. The average molecular weight is 260 g/mol. The van der Waals surface area contributed by atoms with E-state index in [9.17, 15) is 0 Å². The highest BCUT2D eigenvalue weighted by Crippen LogP contribution is 2.34. The molecule has 20 heavy (non-hydrogen) atoms. The maximum Gasteiger partial charge on any atom is 0.0672 e. The van der Waals surface area contributed by atoms with E-state index in [2.05, 4.69) is 65.0 Å². The first-order valence-corrected chi connectivity index (χ1v) is 7.06. The Morgan fingerprint density at radius 3 is 2.85 bits per heavy atom. The van der Waals surface area contributed by atoms with Crippen molar-refractivity contribution in [2.75, 3.05) is 0 Å². The predicted molar refractivity (Wildman–Crippen MR) is 81.8 cm³/mol. The lowest BCUT2D eigenvalue weighted by molar-refractivity contribution is 0.959. The van der Waals surface area contributed by atoms with Crippen LogP contribution >= 0.6 is 0 Å². The smallest absolute Gasteiger partial charge is 0.0672 e. The first kappa shape index (κ1) is 11.5. The topological polar surface area (TPSA) is 17.3 Å². The first-order valence-electron chi connectivity index (χ1n) is 7.06. The van der Waals surface area contributed by atoms with Crippen LogP contribution in [0.25, 0.3) is 11.1 Å². The SMILES string of the molecule is Cc1nccn2c3c(cc12)CCC=C3c1ccccc1. The normalized spacial score (nSPS) is 14.2. The molecule has 0 fully saturated rings. The summed E-state index contributed by atoms with van der Waals surface area (Å²) >= 11 is 0. The zero-order valence-corrected chi connectivity index (χ0v) is 11.5. The van der Waals surface area contributed by atoms with Crippen molar-refractivity contribution in [3.8, 4) is 0 Å². The van der Waals surface area contributed by atoms with Crippen molar-refractivity contribution >= 4 is 11.1 Å². The minimum absolute atomic E-state index is 1.09. The fourth-order valence-electron chi connectivity index (χ4n) is 3.12. The summed E-state index contributed by atoms with van der Waals surface area (Å²) in [6.07, 6.45) is 8.55. The number of allylic oxidation sites excluding steroid dienone is 1. The lowest BCUT2D eigenvalue weighted by atomic mass is 9.92. The maximum atomic E-state index is 4.41. The Bertz CT molecular complexity index is 810. The summed E-state index contributed by atoms with van der Waals surface area (Å²) in [5.41, 5.74) is 7.72. The molecule has 98 valence electrons. The number of aryl methyl sites for hydroxylation is 2. The summed E-state index contributed by atoms with van der Waals surface area (Å²) in [5.74, 6) is 0. The van der Waals surface area contributed by atoms with E-state index in [-0.39, 0.29) is 0 Å². The van der Waals surface area contributed by atoms with Gasteiger partial charge in [-0.15, -0.1) is 0 Å². The van der Waals surface area contributed by atoms with Gasteiger partial charge in [0.25, 0.3) is 0 Å². The summed E-state index contributed by atoms with van der Waals surface area (Å²) in [7, 11) is 0. The van der Waals surface area contributed by atoms with Gasteiger partial charge >= 0.3 is 0 Å². The third-order valence-corrected chi connectivity index (χ3v) is 4.07. The van der Waals surface area contributed by atoms with Crippen molar-refractivity contribution in [3.63, 3.8) is 0 Å². The average Bonchev–Trinajstić information content (AvgIpc) is 2.88. The van der Waals surface area contributed by atoms with Gasteiger partial charge in [-0.3, -0.25) is 4.98 Å². The van der Waals surface area contributed by atoms with Crippen LogP contribution in [0.4, 0.5) is 0 Å². The van der Waals surface area contributed by atoms with Crippen LogP contribution in [0.1, 0.15) is 28.9 Å². The molecule has 0 radical (unpaired) electrons. The number of hydrogen-bond acceptors (Lipinski definition) is 1. The van der Waals surface area contributed by atoms with Crippen molar-refractivity contribution in [1.29, 1.82) is 0 Å². The molecule has 2 aromatic heterocycles. The van der Waals surface area contributed by atoms with E-state index < -0.39 is 0 Å². The Labute approximate surface area is 118 Å². The fourth-order valence-corrected chi connectivity index (χ4v) is 3.12. The molecule has 1 aromatic carbocycles. The minimum Gasteiger partial charge on any atom is -0.313 e. The Morgan fingerprint density at radius 1 is 1.15 bits per heavy atom. The molecule has 0 saturated carbocycles. The van der Waals surface area contributed by atoms with Gasteiger partial charge in [-0.1, -0.05) is 36.4 Å². The van der Waals surface area contributed by atoms with Crippen molar-refractivity contribution < 1.29 is 0 Å². The fraction of sp³-hybridized carbons (Fsp3) is 0.167. The second-order valence-electron chi connectivity index (χ2n) is 5.31. The van der Waals surface area contributed by atoms with Crippen molar-refractivity contribution in [1.82, 2.24) is 9.38 Å². The third-order valence-electron chi connectivity index (χ3n) is 4.07. The third kappa shape index (κ3) is 1.61. The Kier molecular flexibility index (Phi) is 2.49. The number of rotatable bonds is 1. The molecular formula is C18H16N2. The second kappa shape index (κ2) is 4.34. The molecule has 0 saturated heterocycles. The van der Waals surface area contributed by atoms with Crippen LogP contribution in [0, 0.1) is 6.92 Å². The quantitative estimate of drug-likeness (QED) is 0.646. The van der Waals surface area contributed by atoms with Gasteiger partial charge in [-0.05, 0) is 37.0 Å². The van der Waals surface area contributed by atoms with Crippen molar-refractivity contribution in [2.45, 2.75) is 19.8 Å². The Balaban J connectivity index is 2.01. The Hall–Kier alpha value is -2.35. The largest absolute Gasteiger partial charge is 0.313 e. The molecule has 2 heteroatoms. The number of fused-ring (bicyclic) bond motifs is 3. The molecule has 0 N–H and O–H groups in total. The van der Waals surface area contributed by atoms with Crippen LogP contribution in [-0.2, 0) is 6.42 Å². The number of hydrogen-bond donors (Lipinski definition) is 0. The lowest BCUT2D eigenvalue weighted by Gasteiger charge is -2.16. The van der Waals surface area contributed by atoms with E-state index in [4.69, 9.17) is 0 Å². The molecule has 0 unspecified atom stereocenters. The summed E-state index contributed by atoms with van der Waals surface area (Å²) in [6.45, 7) is 2.08. The van der Waals surface area contributed by atoms with Crippen LogP contribution in [0.2, 0.25) is 0 Å². The highest BCUT2D eigenvalue weighted by atomic mass is 14.9. The van der Waals surface area contributed by atoms with E-state index in [0.29, 0.717) is 0 Å². The number of nitrogens with zero attached hydrogens (tertiary/aromatic N) is 2. The second-order valence-corrected chi connectivity index (χ2v) is 5.31. The summed E-state index contributed by atoms with van der Waals surface area (Å²) < 4.78 is 2.29. The van der Waals surface area contributed by atoms with Gasteiger partial charge < -0.3 is 4.40 Å². The Morgan fingerprint density at radius 2 is 2.00 bits per heavy atom. The van der Waals surface area contributed by atoms with Gasteiger partial charge in [-0.25, -0.2) is 0 Å². The van der Waals surface area contributed by atoms with Crippen molar-refractivity contribution in [3.05, 3.63) is 77.4 Å². The van der Waals surface area contributed by atoms with Crippen LogP contribution in [0.15, 0.2) is 54.9 Å². The molecule has 2 nitrogen and oxygen atoms in total. The van der Waals surface area contributed by atoms with E-state index in [1.165, 1.54) is 27.9 Å². The van der Waals surface area contributed by atoms with E-state index >= 15 is 0 Å². The molecule has 3 aromatic rings. The van der Waals surface area contributed by atoms with Gasteiger partial charge in [0.15, 0.2) is 0 Å². The first-order chi connectivity index (χ1) is 9.84. The molecule has 1 aliphatic carbocycles. The van der Waals surface area contributed by atoms with Crippen LogP contribution in [0.5, 0.6) is 0 Å². The highest BCUT2D eigenvalue weighted by molar-refractivity contribution is 5.83. The zero-order valence-electron chi connectivity index (χ0n) is 11.5. The molecule has 0 spiro atoms. The molecule has 4 rings (SSSR count). The predicted octanol–water partition coefficient (Wildman–Crippen LogP) is 4.02. The molecular weight excluding hydrogens is 244 g/mol. The standard InChI is InChI=1S/C18H16N2/c1-13-17-12-15-8-5-9-16(14-6-3-2-4-7-14)18(15)20(17)11-10-19-13/h2-4,6-7,9-12H,5,8H2,1H3. The lowest BCUT2D eigenvalue weighted by Crippen LogP contribution is -2.02. The highest BCUT2D eigenvalue weighted by Gasteiger charge is 2.19. The molecule has 0 atom stereocenters. The minimum atomic E-state index is 1.09. The van der Waals surface area contributed by atoms with Gasteiger partial charge in [0, 0.05) is 18.0 Å². The number of benzene rings is 1. The molecule has 0 amide bonds. The molecule has 0 aliphatic heterocycles. The van der Waals surface area contributed by atoms with E-state index in [0.717, 1.165) is 18.5 Å². The van der Waals surface area contributed by atoms with Gasteiger partial charge in [0.2, 0.25) is 0 Å². The van der Waals surface area contributed by atoms with Crippen molar-refractivity contribution in [2.24, 2.45) is 0 Å². The van der Waals surface area contributed by atoms with Gasteiger partial charge in [0.05, 0.1) is 16.9 Å². The van der Waals surface area contributed by atoms with Crippen LogP contribution in [-0.4, -0.2) is 9.38 Å². The number of aromatic nitrogens is 2. The van der Waals surface area contributed by atoms with Gasteiger partial charge in [0.1, 0.15) is 0 Å².